The minimum atomic E-state index is -3.59. The van der Waals surface area contributed by atoms with Crippen molar-refractivity contribution in [3.63, 3.8) is 0 Å². The lowest BCUT2D eigenvalue weighted by molar-refractivity contribution is 0.102. The Morgan fingerprint density at radius 3 is 2.15 bits per heavy atom. The highest BCUT2D eigenvalue weighted by Crippen LogP contribution is 2.26. The third kappa shape index (κ3) is 6.50. The minimum absolute atomic E-state index is 0.210. The first-order chi connectivity index (χ1) is 15.8. The average molecular weight is 486 g/mol. The van der Waals surface area contributed by atoms with Gasteiger partial charge >= 0.3 is 0 Å². The van der Waals surface area contributed by atoms with E-state index in [9.17, 15) is 13.2 Å². The number of unbranched alkanes of at least 4 members (excludes halogenated alkanes) is 2. The van der Waals surface area contributed by atoms with Crippen LogP contribution in [0.5, 0.6) is 0 Å². The normalized spacial score (nSPS) is 11.6. The van der Waals surface area contributed by atoms with Gasteiger partial charge in [0.05, 0.1) is 10.6 Å². The van der Waals surface area contributed by atoms with Crippen LogP contribution in [0, 0.1) is 6.92 Å². The molecule has 0 saturated heterocycles. The van der Waals surface area contributed by atoms with Crippen LogP contribution in [0.1, 0.15) is 55.5 Å². The van der Waals surface area contributed by atoms with E-state index in [1.54, 1.807) is 16.4 Å². The van der Waals surface area contributed by atoms with E-state index in [1.807, 2.05) is 50.4 Å². The van der Waals surface area contributed by atoms with E-state index in [0.29, 0.717) is 23.8 Å². The molecule has 0 unspecified atom stereocenters. The second-order valence-electron chi connectivity index (χ2n) is 7.99. The van der Waals surface area contributed by atoms with Crippen LogP contribution in [0.2, 0.25) is 0 Å². The summed E-state index contributed by atoms with van der Waals surface area (Å²) in [7, 11) is -3.59. The van der Waals surface area contributed by atoms with Crippen molar-refractivity contribution in [3.05, 3.63) is 65.0 Å². The molecule has 0 atom stereocenters. The maximum atomic E-state index is 13.1. The van der Waals surface area contributed by atoms with Crippen LogP contribution in [-0.4, -0.2) is 36.7 Å². The van der Waals surface area contributed by atoms with Crippen LogP contribution < -0.4 is 5.32 Å². The molecule has 1 amide bonds. The highest BCUT2D eigenvalue weighted by atomic mass is 32.2. The summed E-state index contributed by atoms with van der Waals surface area (Å²) in [6.45, 7) is 7.14. The molecule has 0 radical (unpaired) electrons. The predicted molar refractivity (Wildman–Crippen MR) is 135 cm³/mol. The Balaban J connectivity index is 1.70. The van der Waals surface area contributed by atoms with Gasteiger partial charge in [-0.15, -0.1) is 11.3 Å². The van der Waals surface area contributed by atoms with E-state index in [1.165, 1.54) is 29.0 Å². The second kappa shape index (κ2) is 11.5. The zero-order valence-electron chi connectivity index (χ0n) is 19.4. The first kappa shape index (κ1) is 25.1. The van der Waals surface area contributed by atoms with Gasteiger partial charge in [0, 0.05) is 29.6 Å². The molecule has 8 heteroatoms. The number of anilines is 1. The number of carbonyl (C=O) groups is 1. The van der Waals surface area contributed by atoms with Crippen molar-refractivity contribution in [2.75, 3.05) is 18.4 Å². The number of thiazole rings is 1. The van der Waals surface area contributed by atoms with Gasteiger partial charge in [0.15, 0.2) is 5.13 Å². The molecule has 1 aromatic heterocycles. The van der Waals surface area contributed by atoms with Crippen molar-refractivity contribution < 1.29 is 13.2 Å². The molecule has 0 spiro atoms. The fourth-order valence-corrected chi connectivity index (χ4v) is 5.54. The molecule has 2 aromatic carbocycles. The standard InChI is InChI=1S/C25H31N3O3S2/c1-4-6-16-28(17-7-5-2)33(30,31)22-14-12-21(13-15-22)24(29)27-25-26-23(18-32-25)20-10-8-19(3)9-11-20/h8-15,18H,4-7,16-17H2,1-3H3,(H,26,27,29). The van der Waals surface area contributed by atoms with E-state index in [-0.39, 0.29) is 10.8 Å². The van der Waals surface area contributed by atoms with Crippen molar-refractivity contribution in [3.8, 4) is 11.3 Å². The number of hydrogen-bond acceptors (Lipinski definition) is 5. The smallest absolute Gasteiger partial charge is 0.257 e. The SMILES string of the molecule is CCCCN(CCCC)S(=O)(=O)c1ccc(C(=O)Nc2nc(-c3ccc(C)cc3)cs2)cc1. The predicted octanol–water partition coefficient (Wildman–Crippen LogP) is 5.96. The Morgan fingerprint density at radius 2 is 1.58 bits per heavy atom. The Hall–Kier alpha value is -2.55. The molecule has 0 aliphatic carbocycles. The maximum absolute atomic E-state index is 13.1. The molecule has 1 heterocycles. The van der Waals surface area contributed by atoms with Gasteiger partial charge in [-0.05, 0) is 44.0 Å². The van der Waals surface area contributed by atoms with Gasteiger partial charge < -0.3 is 0 Å². The maximum Gasteiger partial charge on any atom is 0.257 e. The highest BCUT2D eigenvalue weighted by Gasteiger charge is 2.23. The summed E-state index contributed by atoms with van der Waals surface area (Å²) in [5.74, 6) is -0.322. The lowest BCUT2D eigenvalue weighted by Crippen LogP contribution is -2.33. The van der Waals surface area contributed by atoms with Crippen LogP contribution in [0.3, 0.4) is 0 Å². The zero-order chi connectivity index (χ0) is 23.8. The lowest BCUT2D eigenvalue weighted by atomic mass is 10.1. The summed E-state index contributed by atoms with van der Waals surface area (Å²) in [5.41, 5.74) is 3.35. The molecule has 0 aliphatic rings. The van der Waals surface area contributed by atoms with E-state index in [4.69, 9.17) is 0 Å². The molecule has 1 N–H and O–H groups in total. The third-order valence-corrected chi connectivity index (χ3v) is 8.02. The summed E-state index contributed by atoms with van der Waals surface area (Å²) in [4.78, 5) is 17.4. The molecular formula is C25H31N3O3S2. The molecule has 3 aromatic rings. The Labute approximate surface area is 200 Å². The quantitative estimate of drug-likeness (QED) is 0.363. The first-order valence-corrected chi connectivity index (χ1v) is 13.6. The first-order valence-electron chi connectivity index (χ1n) is 11.3. The number of carbonyl (C=O) groups excluding carboxylic acids is 1. The van der Waals surface area contributed by atoms with E-state index in [2.05, 4.69) is 10.3 Å². The van der Waals surface area contributed by atoms with E-state index in [0.717, 1.165) is 36.9 Å². The second-order valence-corrected chi connectivity index (χ2v) is 10.8. The number of nitrogens with one attached hydrogen (secondary N) is 1. The van der Waals surface area contributed by atoms with E-state index < -0.39 is 10.0 Å². The van der Waals surface area contributed by atoms with E-state index >= 15 is 0 Å². The molecule has 6 nitrogen and oxygen atoms in total. The van der Waals surface area contributed by atoms with Crippen molar-refractivity contribution in [2.24, 2.45) is 0 Å². The number of sulfonamides is 1. The van der Waals surface area contributed by atoms with Crippen LogP contribution in [-0.2, 0) is 10.0 Å². The molecule has 0 aliphatic heterocycles. The molecule has 3 rings (SSSR count). The van der Waals surface area contributed by atoms with Gasteiger partial charge in [0.2, 0.25) is 10.0 Å². The number of aromatic nitrogens is 1. The summed E-state index contributed by atoms with van der Waals surface area (Å²) in [5, 5.41) is 5.20. The van der Waals surface area contributed by atoms with Crippen molar-refractivity contribution >= 4 is 32.4 Å². The number of nitrogens with zero attached hydrogens (tertiary/aromatic N) is 2. The topological polar surface area (TPSA) is 79.4 Å². The molecular weight excluding hydrogens is 454 g/mol. The Morgan fingerprint density at radius 1 is 0.970 bits per heavy atom. The lowest BCUT2D eigenvalue weighted by Gasteiger charge is -2.22. The van der Waals surface area contributed by atoms with Crippen LogP contribution in [0.15, 0.2) is 58.8 Å². The van der Waals surface area contributed by atoms with Crippen LogP contribution in [0.4, 0.5) is 5.13 Å². The third-order valence-electron chi connectivity index (χ3n) is 5.35. The molecule has 0 fully saturated rings. The average Bonchev–Trinajstić information content (AvgIpc) is 3.28. The number of hydrogen-bond donors (Lipinski definition) is 1. The molecule has 0 saturated carbocycles. The van der Waals surface area contributed by atoms with Crippen LogP contribution in [0.25, 0.3) is 11.3 Å². The molecule has 0 bridgehead atoms. The fraction of sp³-hybridized carbons (Fsp3) is 0.360. The summed E-state index contributed by atoms with van der Waals surface area (Å²) < 4.78 is 27.7. The van der Waals surface area contributed by atoms with Crippen molar-refractivity contribution in [1.82, 2.24) is 9.29 Å². The zero-order valence-corrected chi connectivity index (χ0v) is 21.0. The molecule has 33 heavy (non-hydrogen) atoms. The highest BCUT2D eigenvalue weighted by molar-refractivity contribution is 7.89. The number of aryl methyl sites for hydroxylation is 1. The van der Waals surface area contributed by atoms with Gasteiger partial charge in [-0.1, -0.05) is 56.5 Å². The fourth-order valence-electron chi connectivity index (χ4n) is 3.31. The van der Waals surface area contributed by atoms with Crippen molar-refractivity contribution in [1.29, 1.82) is 0 Å². The van der Waals surface area contributed by atoms with Gasteiger partial charge in [0.25, 0.3) is 5.91 Å². The Bertz CT molecular complexity index is 1150. The number of amides is 1. The summed E-state index contributed by atoms with van der Waals surface area (Å²) in [6, 6.07) is 14.2. The largest absolute Gasteiger partial charge is 0.298 e. The summed E-state index contributed by atoms with van der Waals surface area (Å²) >= 11 is 1.35. The summed E-state index contributed by atoms with van der Waals surface area (Å²) in [6.07, 6.45) is 3.50. The van der Waals surface area contributed by atoms with Crippen LogP contribution >= 0.6 is 11.3 Å². The van der Waals surface area contributed by atoms with Crippen molar-refractivity contribution in [2.45, 2.75) is 51.3 Å². The molecule has 176 valence electrons. The van der Waals surface area contributed by atoms with Gasteiger partial charge in [-0.25, -0.2) is 13.4 Å². The number of rotatable bonds is 11. The van der Waals surface area contributed by atoms with Gasteiger partial charge in [-0.3, -0.25) is 10.1 Å². The minimum Gasteiger partial charge on any atom is -0.298 e. The van der Waals surface area contributed by atoms with Gasteiger partial charge in [0.1, 0.15) is 0 Å². The van der Waals surface area contributed by atoms with Gasteiger partial charge in [-0.2, -0.15) is 4.31 Å². The Kier molecular flexibility index (Phi) is 8.77. The number of benzene rings is 2. The monoisotopic (exact) mass is 485 g/mol.